The second-order valence-electron chi connectivity index (χ2n) is 6.14. The van der Waals surface area contributed by atoms with Crippen molar-refractivity contribution in [3.63, 3.8) is 0 Å². The maximum absolute atomic E-state index is 10.7. The number of benzene rings is 4. The third-order valence-corrected chi connectivity index (χ3v) is 4.39. The normalized spacial score (nSPS) is 10.5. The molecule has 0 aromatic heterocycles. The first-order valence-corrected chi connectivity index (χ1v) is 8.66. The van der Waals surface area contributed by atoms with Gasteiger partial charge in [0.15, 0.2) is 23.0 Å². The maximum Gasteiger partial charge on any atom is 0.169 e. The average Bonchev–Trinajstić information content (AvgIpc) is 2.72. The molecule has 0 spiro atoms. The van der Waals surface area contributed by atoms with Crippen molar-refractivity contribution in [2.24, 2.45) is 0 Å². The van der Waals surface area contributed by atoms with Crippen molar-refractivity contribution >= 4 is 0 Å². The summed E-state index contributed by atoms with van der Waals surface area (Å²) in [6, 6.07) is 29.8. The number of para-hydroxylation sites is 2. The number of aromatic hydroxyl groups is 2. The van der Waals surface area contributed by atoms with Crippen LogP contribution in [0.5, 0.6) is 23.0 Å². The second kappa shape index (κ2) is 7.26. The van der Waals surface area contributed by atoms with Crippen molar-refractivity contribution in [1.82, 2.24) is 0 Å². The Balaban J connectivity index is 1.72. The number of hydrogen-bond acceptors (Lipinski definition) is 3. The fourth-order valence-electron chi connectivity index (χ4n) is 3.03. The summed E-state index contributed by atoms with van der Waals surface area (Å²) in [5.41, 5.74) is 3.13. The molecule has 132 valence electrons. The first-order chi connectivity index (χ1) is 13.2. The van der Waals surface area contributed by atoms with Gasteiger partial charge in [-0.15, -0.1) is 0 Å². The SMILES string of the molecule is Oc1c(Oc2cccc(-c3ccccc3)c2O)cccc1-c1ccccc1. The molecule has 0 radical (unpaired) electrons. The Kier molecular flexibility index (Phi) is 4.50. The van der Waals surface area contributed by atoms with Crippen molar-refractivity contribution in [3.05, 3.63) is 97.1 Å². The van der Waals surface area contributed by atoms with Crippen LogP contribution in [0.15, 0.2) is 97.1 Å². The van der Waals surface area contributed by atoms with Crippen LogP contribution in [0.1, 0.15) is 0 Å². The van der Waals surface area contributed by atoms with Crippen LogP contribution in [0, 0.1) is 0 Å². The number of hydrogen-bond donors (Lipinski definition) is 2. The standard InChI is InChI=1S/C24H18O3/c25-23-19(17-9-3-1-4-10-17)13-7-15-21(23)27-22-16-8-14-20(24(22)26)18-11-5-2-6-12-18/h1-16,25-26H. The summed E-state index contributed by atoms with van der Waals surface area (Å²) in [6.45, 7) is 0. The molecule has 4 aromatic carbocycles. The minimum atomic E-state index is 0.0354. The third kappa shape index (κ3) is 3.35. The largest absolute Gasteiger partial charge is 0.504 e. The zero-order chi connectivity index (χ0) is 18.6. The number of phenolic OH excluding ortho intramolecular Hbond substituents is 2. The topological polar surface area (TPSA) is 49.7 Å². The van der Waals surface area contributed by atoms with Crippen LogP contribution >= 0.6 is 0 Å². The lowest BCUT2D eigenvalue weighted by Gasteiger charge is -2.14. The first-order valence-electron chi connectivity index (χ1n) is 8.66. The van der Waals surface area contributed by atoms with E-state index in [0.29, 0.717) is 11.1 Å². The van der Waals surface area contributed by atoms with Gasteiger partial charge in [0.05, 0.1) is 0 Å². The molecule has 0 fully saturated rings. The zero-order valence-corrected chi connectivity index (χ0v) is 14.5. The molecule has 4 aromatic rings. The van der Waals surface area contributed by atoms with Crippen LogP contribution < -0.4 is 4.74 Å². The average molecular weight is 354 g/mol. The molecule has 27 heavy (non-hydrogen) atoms. The van der Waals surface area contributed by atoms with Crippen molar-refractivity contribution < 1.29 is 14.9 Å². The Labute approximate surface area is 157 Å². The molecule has 3 heteroatoms. The highest BCUT2D eigenvalue weighted by Crippen LogP contribution is 2.43. The van der Waals surface area contributed by atoms with Gasteiger partial charge >= 0.3 is 0 Å². The minimum absolute atomic E-state index is 0.0354. The summed E-state index contributed by atoms with van der Waals surface area (Å²) in [5, 5.41) is 21.3. The number of phenols is 2. The molecule has 0 bridgehead atoms. The minimum Gasteiger partial charge on any atom is -0.504 e. The molecular weight excluding hydrogens is 336 g/mol. The molecule has 0 heterocycles. The lowest BCUT2D eigenvalue weighted by atomic mass is 10.0. The Bertz CT molecular complexity index is 970. The molecule has 3 nitrogen and oxygen atoms in total. The summed E-state index contributed by atoms with van der Waals surface area (Å²) < 4.78 is 5.86. The van der Waals surface area contributed by atoms with Gasteiger partial charge in [-0.2, -0.15) is 0 Å². The summed E-state index contributed by atoms with van der Waals surface area (Å²) in [7, 11) is 0. The summed E-state index contributed by atoms with van der Waals surface area (Å²) in [5.74, 6) is 0.648. The molecule has 0 aliphatic carbocycles. The fourth-order valence-corrected chi connectivity index (χ4v) is 3.03. The molecule has 0 atom stereocenters. The van der Waals surface area contributed by atoms with Gasteiger partial charge in [-0.3, -0.25) is 0 Å². The Morgan fingerprint density at radius 2 is 0.852 bits per heavy atom. The van der Waals surface area contributed by atoms with E-state index in [0.717, 1.165) is 11.1 Å². The second-order valence-corrected chi connectivity index (χ2v) is 6.14. The monoisotopic (exact) mass is 354 g/mol. The first kappa shape index (κ1) is 16.7. The van der Waals surface area contributed by atoms with Gasteiger partial charge in [-0.25, -0.2) is 0 Å². The molecule has 0 saturated heterocycles. The molecule has 0 amide bonds. The van der Waals surface area contributed by atoms with Crippen LogP contribution in [-0.4, -0.2) is 10.2 Å². The van der Waals surface area contributed by atoms with E-state index in [-0.39, 0.29) is 23.0 Å². The fraction of sp³-hybridized carbons (Fsp3) is 0. The van der Waals surface area contributed by atoms with Gasteiger partial charge in [-0.05, 0) is 23.3 Å². The van der Waals surface area contributed by atoms with Gasteiger partial charge in [0.2, 0.25) is 0 Å². The van der Waals surface area contributed by atoms with E-state index in [1.165, 1.54) is 0 Å². The van der Waals surface area contributed by atoms with Crippen LogP contribution in [0.25, 0.3) is 22.3 Å². The van der Waals surface area contributed by atoms with E-state index in [1.807, 2.05) is 84.9 Å². The third-order valence-electron chi connectivity index (χ3n) is 4.39. The molecule has 2 N–H and O–H groups in total. The Morgan fingerprint density at radius 1 is 0.444 bits per heavy atom. The Morgan fingerprint density at radius 3 is 1.26 bits per heavy atom. The maximum atomic E-state index is 10.7. The smallest absolute Gasteiger partial charge is 0.169 e. The van der Waals surface area contributed by atoms with Gasteiger partial charge in [0.1, 0.15) is 0 Å². The van der Waals surface area contributed by atoms with Crippen molar-refractivity contribution in [2.75, 3.05) is 0 Å². The van der Waals surface area contributed by atoms with E-state index in [4.69, 9.17) is 4.74 Å². The van der Waals surface area contributed by atoms with Crippen LogP contribution in [0.4, 0.5) is 0 Å². The number of rotatable bonds is 4. The highest BCUT2D eigenvalue weighted by Gasteiger charge is 2.15. The molecule has 4 rings (SSSR count). The van der Waals surface area contributed by atoms with Crippen LogP contribution in [-0.2, 0) is 0 Å². The molecule has 0 saturated carbocycles. The molecule has 0 aliphatic rings. The summed E-state index contributed by atoms with van der Waals surface area (Å²) in [4.78, 5) is 0. The van der Waals surface area contributed by atoms with E-state index < -0.39 is 0 Å². The lowest BCUT2D eigenvalue weighted by molar-refractivity contribution is 0.387. The Hall–Kier alpha value is -3.72. The molecule has 0 unspecified atom stereocenters. The number of ether oxygens (including phenoxy) is 1. The van der Waals surface area contributed by atoms with Crippen molar-refractivity contribution in [3.8, 4) is 45.3 Å². The van der Waals surface area contributed by atoms with Gasteiger partial charge in [0, 0.05) is 11.1 Å². The highest BCUT2D eigenvalue weighted by molar-refractivity contribution is 5.75. The van der Waals surface area contributed by atoms with E-state index in [1.54, 1.807) is 12.1 Å². The highest BCUT2D eigenvalue weighted by atomic mass is 16.5. The lowest BCUT2D eigenvalue weighted by Crippen LogP contribution is -1.89. The van der Waals surface area contributed by atoms with Gasteiger partial charge < -0.3 is 14.9 Å². The zero-order valence-electron chi connectivity index (χ0n) is 14.5. The molecular formula is C24H18O3. The van der Waals surface area contributed by atoms with E-state index in [2.05, 4.69) is 0 Å². The molecule has 0 aliphatic heterocycles. The van der Waals surface area contributed by atoms with Gasteiger partial charge in [0.25, 0.3) is 0 Å². The predicted molar refractivity (Wildman–Crippen MR) is 107 cm³/mol. The van der Waals surface area contributed by atoms with Crippen LogP contribution in [0.2, 0.25) is 0 Å². The van der Waals surface area contributed by atoms with Crippen molar-refractivity contribution in [1.29, 1.82) is 0 Å². The quantitative estimate of drug-likeness (QED) is 0.457. The van der Waals surface area contributed by atoms with E-state index >= 15 is 0 Å². The predicted octanol–water partition coefficient (Wildman–Crippen LogP) is 6.22. The summed E-state index contributed by atoms with van der Waals surface area (Å²) in [6.07, 6.45) is 0. The van der Waals surface area contributed by atoms with Crippen molar-refractivity contribution in [2.45, 2.75) is 0 Å². The van der Waals surface area contributed by atoms with Crippen LogP contribution in [0.3, 0.4) is 0 Å². The van der Waals surface area contributed by atoms with Gasteiger partial charge in [-0.1, -0.05) is 84.9 Å². The summed E-state index contributed by atoms with van der Waals surface area (Å²) >= 11 is 0. The van der Waals surface area contributed by atoms with E-state index in [9.17, 15) is 10.2 Å².